The van der Waals surface area contributed by atoms with Gasteiger partial charge in [0.05, 0.1) is 11.1 Å². The fraction of sp³-hybridized carbons (Fsp3) is 0.400. The van der Waals surface area contributed by atoms with E-state index in [1.165, 1.54) is 0 Å². The minimum absolute atomic E-state index is 0.134. The van der Waals surface area contributed by atoms with Crippen molar-refractivity contribution in [3.05, 3.63) is 46.2 Å². The van der Waals surface area contributed by atoms with Crippen LogP contribution in [-0.4, -0.2) is 15.9 Å². The number of rotatable bonds is 4. The lowest BCUT2D eigenvalue weighted by atomic mass is 10.0. The van der Waals surface area contributed by atoms with Crippen molar-refractivity contribution in [2.75, 3.05) is 0 Å². The van der Waals surface area contributed by atoms with Gasteiger partial charge in [-0.3, -0.25) is 4.79 Å². The Kier molecular flexibility index (Phi) is 3.30. The molecule has 1 aliphatic rings. The second-order valence-electron chi connectivity index (χ2n) is 5.66. The van der Waals surface area contributed by atoms with E-state index in [0.717, 1.165) is 23.5 Å². The van der Waals surface area contributed by atoms with E-state index in [1.807, 2.05) is 31.4 Å². The van der Waals surface area contributed by atoms with E-state index in [2.05, 4.69) is 15.3 Å². The summed E-state index contributed by atoms with van der Waals surface area (Å²) in [4.78, 5) is 22.0. The van der Waals surface area contributed by atoms with Crippen LogP contribution in [0.25, 0.3) is 0 Å². The lowest BCUT2D eigenvalue weighted by Crippen LogP contribution is -2.40. The van der Waals surface area contributed by atoms with Crippen LogP contribution in [0.5, 0.6) is 0 Å². The molecule has 0 atom stereocenters. The summed E-state index contributed by atoms with van der Waals surface area (Å²) in [6, 6.07) is 4.01. The molecule has 0 unspecified atom stereocenters. The number of nitrogens with one attached hydrogen (secondary N) is 1. The average Bonchev–Trinajstić information content (AvgIpc) is 3.12. The van der Waals surface area contributed by atoms with Crippen LogP contribution in [0.3, 0.4) is 0 Å². The smallest absolute Gasteiger partial charge is 0.255 e. The van der Waals surface area contributed by atoms with Gasteiger partial charge < -0.3 is 5.32 Å². The Hall–Kier alpha value is -1.75. The Labute approximate surface area is 122 Å². The summed E-state index contributed by atoms with van der Waals surface area (Å²) in [5.41, 5.74) is 0.125. The summed E-state index contributed by atoms with van der Waals surface area (Å²) in [5, 5.41) is 5.04. The topological polar surface area (TPSA) is 54.9 Å². The van der Waals surface area contributed by atoms with Crippen LogP contribution in [0.1, 0.15) is 53.7 Å². The summed E-state index contributed by atoms with van der Waals surface area (Å²) < 4.78 is 0. The van der Waals surface area contributed by atoms with Crippen molar-refractivity contribution in [1.82, 2.24) is 15.3 Å². The predicted molar refractivity (Wildman–Crippen MR) is 78.8 cm³/mol. The zero-order chi connectivity index (χ0) is 14.2. The monoisotopic (exact) mass is 287 g/mol. The summed E-state index contributed by atoms with van der Waals surface area (Å²) in [7, 11) is 0. The Morgan fingerprint density at radius 3 is 2.60 bits per heavy atom. The van der Waals surface area contributed by atoms with Crippen molar-refractivity contribution < 1.29 is 4.79 Å². The highest BCUT2D eigenvalue weighted by atomic mass is 32.1. The summed E-state index contributed by atoms with van der Waals surface area (Å²) >= 11 is 1.64. The summed E-state index contributed by atoms with van der Waals surface area (Å²) in [5.74, 6) is 1.24. The second-order valence-corrected chi connectivity index (χ2v) is 6.61. The molecule has 1 saturated carbocycles. The van der Waals surface area contributed by atoms with Gasteiger partial charge in [-0.2, -0.15) is 0 Å². The number of thiophene rings is 1. The minimum atomic E-state index is -0.388. The highest BCUT2D eigenvalue weighted by Gasteiger charge is 2.27. The van der Waals surface area contributed by atoms with Gasteiger partial charge in [-0.25, -0.2) is 9.97 Å². The first-order valence-electron chi connectivity index (χ1n) is 6.75. The quantitative estimate of drug-likeness (QED) is 0.940. The van der Waals surface area contributed by atoms with Crippen molar-refractivity contribution in [3.63, 3.8) is 0 Å². The van der Waals surface area contributed by atoms with E-state index in [-0.39, 0.29) is 11.4 Å². The zero-order valence-corrected chi connectivity index (χ0v) is 12.4. The number of amides is 1. The molecule has 0 radical (unpaired) electrons. The van der Waals surface area contributed by atoms with Crippen LogP contribution in [0.4, 0.5) is 0 Å². The fourth-order valence-electron chi connectivity index (χ4n) is 2.06. The molecule has 104 valence electrons. The van der Waals surface area contributed by atoms with Crippen LogP contribution in [-0.2, 0) is 5.54 Å². The van der Waals surface area contributed by atoms with Crippen LogP contribution in [0, 0.1) is 0 Å². The number of carbonyl (C=O) groups excluding carboxylic acids is 1. The van der Waals surface area contributed by atoms with Gasteiger partial charge in [0.2, 0.25) is 0 Å². The standard InChI is InChI=1S/C15H17N3OS/c1-15(2,12-4-3-7-20-12)18-14(19)11-8-16-13(17-9-11)10-5-6-10/h3-4,7-10H,5-6H2,1-2H3,(H,18,19). The van der Waals surface area contributed by atoms with E-state index >= 15 is 0 Å². The third-order valence-electron chi connectivity index (χ3n) is 3.44. The van der Waals surface area contributed by atoms with Gasteiger partial charge in [0.25, 0.3) is 5.91 Å². The molecule has 1 amide bonds. The largest absolute Gasteiger partial charge is 0.342 e. The molecular formula is C15H17N3OS. The maximum absolute atomic E-state index is 12.3. The number of hydrogen-bond acceptors (Lipinski definition) is 4. The molecule has 20 heavy (non-hydrogen) atoms. The van der Waals surface area contributed by atoms with Crippen molar-refractivity contribution in [3.8, 4) is 0 Å². The maximum Gasteiger partial charge on any atom is 0.255 e. The Balaban J connectivity index is 1.72. The Morgan fingerprint density at radius 2 is 2.05 bits per heavy atom. The van der Waals surface area contributed by atoms with Crippen LogP contribution in [0.2, 0.25) is 0 Å². The summed E-state index contributed by atoms with van der Waals surface area (Å²) in [6.07, 6.45) is 5.58. The molecule has 0 spiro atoms. The van der Waals surface area contributed by atoms with Gasteiger partial charge in [0.1, 0.15) is 5.82 Å². The number of carbonyl (C=O) groups is 1. The van der Waals surface area contributed by atoms with Crippen molar-refractivity contribution in [1.29, 1.82) is 0 Å². The lowest BCUT2D eigenvalue weighted by Gasteiger charge is -2.25. The van der Waals surface area contributed by atoms with Gasteiger partial charge in [0.15, 0.2) is 0 Å². The fourth-order valence-corrected chi connectivity index (χ4v) is 2.87. The van der Waals surface area contributed by atoms with Gasteiger partial charge in [-0.1, -0.05) is 6.07 Å². The molecule has 5 heteroatoms. The van der Waals surface area contributed by atoms with Crippen LogP contribution in [0.15, 0.2) is 29.9 Å². The lowest BCUT2D eigenvalue weighted by molar-refractivity contribution is 0.0912. The van der Waals surface area contributed by atoms with Gasteiger partial charge >= 0.3 is 0 Å². The summed E-state index contributed by atoms with van der Waals surface area (Å²) in [6.45, 7) is 3.99. The van der Waals surface area contributed by atoms with Gasteiger partial charge in [-0.05, 0) is 38.1 Å². The van der Waals surface area contributed by atoms with Crippen molar-refractivity contribution in [2.45, 2.75) is 38.1 Å². The first-order valence-corrected chi connectivity index (χ1v) is 7.63. The molecular weight excluding hydrogens is 270 g/mol. The molecule has 0 bridgehead atoms. The number of aromatic nitrogens is 2. The molecule has 1 N–H and O–H groups in total. The molecule has 1 aliphatic carbocycles. The van der Waals surface area contributed by atoms with Crippen molar-refractivity contribution >= 4 is 17.2 Å². The Bertz CT molecular complexity index is 601. The molecule has 2 aromatic rings. The van der Waals surface area contributed by atoms with Gasteiger partial charge in [0, 0.05) is 23.2 Å². The normalized spacial score (nSPS) is 15.1. The minimum Gasteiger partial charge on any atom is -0.342 e. The molecule has 3 rings (SSSR count). The molecule has 1 fully saturated rings. The highest BCUT2D eigenvalue weighted by Crippen LogP contribution is 2.37. The molecule has 2 aromatic heterocycles. The average molecular weight is 287 g/mol. The first-order chi connectivity index (χ1) is 9.56. The third kappa shape index (κ3) is 2.72. The van der Waals surface area contributed by atoms with Crippen LogP contribution < -0.4 is 5.32 Å². The second kappa shape index (κ2) is 4.98. The van der Waals surface area contributed by atoms with Gasteiger partial charge in [-0.15, -0.1) is 11.3 Å². The number of nitrogens with zero attached hydrogens (tertiary/aromatic N) is 2. The first kappa shape index (κ1) is 13.2. The van der Waals surface area contributed by atoms with E-state index in [4.69, 9.17) is 0 Å². The molecule has 2 heterocycles. The third-order valence-corrected chi connectivity index (χ3v) is 4.63. The number of hydrogen-bond donors (Lipinski definition) is 1. The molecule has 0 aliphatic heterocycles. The van der Waals surface area contributed by atoms with E-state index < -0.39 is 0 Å². The maximum atomic E-state index is 12.3. The molecule has 0 aromatic carbocycles. The molecule has 4 nitrogen and oxygen atoms in total. The van der Waals surface area contributed by atoms with Crippen molar-refractivity contribution in [2.24, 2.45) is 0 Å². The predicted octanol–water partition coefficient (Wildman–Crippen LogP) is 3.08. The highest BCUT2D eigenvalue weighted by molar-refractivity contribution is 7.10. The SMILES string of the molecule is CC(C)(NC(=O)c1cnc(C2CC2)nc1)c1cccs1. The molecule has 0 saturated heterocycles. The van der Waals surface area contributed by atoms with Crippen LogP contribution >= 0.6 is 11.3 Å². The van der Waals surface area contributed by atoms with E-state index in [9.17, 15) is 4.79 Å². The van der Waals surface area contributed by atoms with E-state index in [1.54, 1.807) is 23.7 Å². The Morgan fingerprint density at radius 1 is 1.35 bits per heavy atom. The zero-order valence-electron chi connectivity index (χ0n) is 11.6. The van der Waals surface area contributed by atoms with E-state index in [0.29, 0.717) is 11.5 Å².